The van der Waals surface area contributed by atoms with E-state index in [2.05, 4.69) is 0 Å². The van der Waals surface area contributed by atoms with Crippen molar-refractivity contribution < 1.29 is 52.4 Å². The largest absolute Gasteiger partial charge is 0.459 e. The van der Waals surface area contributed by atoms with Gasteiger partial charge in [0, 0.05) is 0 Å². The molecule has 0 amide bonds. The van der Waals surface area contributed by atoms with E-state index in [0.717, 1.165) is 27.8 Å². The number of aryl methyl sites for hydroxylation is 5. The van der Waals surface area contributed by atoms with Crippen molar-refractivity contribution in [3.63, 3.8) is 0 Å². The Hall–Kier alpha value is -6.59. The molecular weight excluding hydrogens is 728 g/mol. The van der Waals surface area contributed by atoms with Crippen LogP contribution in [0.4, 0.5) is 0 Å². The van der Waals surface area contributed by atoms with Crippen molar-refractivity contribution in [1.82, 2.24) is 0 Å². The Labute approximate surface area is 330 Å². The Morgan fingerprint density at radius 1 is 0.421 bits per heavy atom. The maximum absolute atomic E-state index is 14.0. The maximum Gasteiger partial charge on any atom is 0.340 e. The molecule has 5 atom stereocenters. The lowest BCUT2D eigenvalue weighted by molar-refractivity contribution is -0.282. The van der Waals surface area contributed by atoms with Crippen LogP contribution in [0.2, 0.25) is 0 Å². The van der Waals surface area contributed by atoms with Crippen LogP contribution in [0.5, 0.6) is 0 Å². The molecule has 1 fully saturated rings. The second kappa shape index (κ2) is 17.9. The molecule has 0 saturated carbocycles. The van der Waals surface area contributed by atoms with Gasteiger partial charge in [0.15, 0.2) is 12.2 Å². The zero-order valence-corrected chi connectivity index (χ0v) is 32.1. The van der Waals surface area contributed by atoms with Gasteiger partial charge in [-0.25, -0.2) is 24.0 Å². The Kier molecular flexibility index (Phi) is 12.6. The quantitative estimate of drug-likeness (QED) is 0.0967. The summed E-state index contributed by atoms with van der Waals surface area (Å²) in [5, 5.41) is 0. The molecule has 11 nitrogen and oxygen atoms in total. The molecule has 0 aromatic heterocycles. The normalized spacial score (nSPS) is 18.8. The first-order chi connectivity index (χ1) is 27.3. The summed E-state index contributed by atoms with van der Waals surface area (Å²) in [4.78, 5) is 68.9. The lowest BCUT2D eigenvalue weighted by Crippen LogP contribution is -2.63. The third-order valence-electron chi connectivity index (χ3n) is 9.19. The van der Waals surface area contributed by atoms with Gasteiger partial charge in [-0.3, -0.25) is 0 Å². The fraction of sp³-hybridized carbons (Fsp3) is 0.239. The number of hydrogen-bond acceptors (Lipinski definition) is 11. The van der Waals surface area contributed by atoms with Gasteiger partial charge in [0.1, 0.15) is 12.7 Å². The molecule has 1 aliphatic heterocycles. The van der Waals surface area contributed by atoms with E-state index in [1.165, 1.54) is 18.2 Å². The Bertz CT molecular complexity index is 2300. The van der Waals surface area contributed by atoms with E-state index in [0.29, 0.717) is 0 Å². The smallest absolute Gasteiger partial charge is 0.340 e. The number of rotatable bonds is 11. The topological polar surface area (TPSA) is 141 Å². The van der Waals surface area contributed by atoms with Gasteiger partial charge in [0.25, 0.3) is 0 Å². The summed E-state index contributed by atoms with van der Waals surface area (Å²) in [5.41, 5.74) is 4.72. The molecule has 6 rings (SSSR count). The summed E-state index contributed by atoms with van der Waals surface area (Å²) in [5.74, 6) is -4.14. The van der Waals surface area contributed by atoms with Crippen LogP contribution in [-0.2, 0) is 28.4 Å². The minimum Gasteiger partial charge on any atom is -0.459 e. The highest BCUT2D eigenvalue weighted by atomic mass is 16.7. The predicted molar refractivity (Wildman–Crippen MR) is 208 cm³/mol. The van der Waals surface area contributed by atoms with Gasteiger partial charge in [-0.2, -0.15) is 0 Å². The van der Waals surface area contributed by atoms with E-state index in [-0.39, 0.29) is 27.8 Å². The van der Waals surface area contributed by atoms with Crippen molar-refractivity contribution in [2.45, 2.75) is 65.3 Å². The third kappa shape index (κ3) is 10.2. The van der Waals surface area contributed by atoms with Crippen LogP contribution in [0.25, 0.3) is 0 Å². The summed E-state index contributed by atoms with van der Waals surface area (Å²) < 4.78 is 36.3. The molecule has 11 heteroatoms. The summed E-state index contributed by atoms with van der Waals surface area (Å²) >= 11 is 0. The highest BCUT2D eigenvalue weighted by Crippen LogP contribution is 2.32. The van der Waals surface area contributed by atoms with E-state index >= 15 is 0 Å². The fourth-order valence-electron chi connectivity index (χ4n) is 6.36. The van der Waals surface area contributed by atoms with Gasteiger partial charge in [-0.05, 0) is 95.3 Å². The Morgan fingerprint density at radius 2 is 0.737 bits per heavy atom. The first-order valence-corrected chi connectivity index (χ1v) is 18.3. The number of hydrogen-bond donors (Lipinski definition) is 0. The molecule has 5 aromatic rings. The number of ether oxygens (including phenoxy) is 6. The highest BCUT2D eigenvalue weighted by molar-refractivity contribution is 5.92. The van der Waals surface area contributed by atoms with Crippen molar-refractivity contribution in [1.29, 1.82) is 0 Å². The predicted octanol–water partition coefficient (Wildman–Crippen LogP) is 7.64. The van der Waals surface area contributed by atoms with Crippen molar-refractivity contribution >= 4 is 29.8 Å². The second-order valence-electron chi connectivity index (χ2n) is 14.0. The summed E-state index contributed by atoms with van der Waals surface area (Å²) in [6.45, 7) is 8.45. The molecule has 0 aliphatic carbocycles. The van der Waals surface area contributed by atoms with Crippen LogP contribution in [0.1, 0.15) is 79.6 Å². The Balaban J connectivity index is 1.45. The van der Waals surface area contributed by atoms with Crippen molar-refractivity contribution in [3.8, 4) is 0 Å². The molecule has 0 bridgehead atoms. The van der Waals surface area contributed by atoms with Gasteiger partial charge in [-0.1, -0.05) is 88.5 Å². The van der Waals surface area contributed by atoms with E-state index < -0.39 is 67.2 Å². The maximum atomic E-state index is 14.0. The van der Waals surface area contributed by atoms with Gasteiger partial charge in [0.2, 0.25) is 12.4 Å². The van der Waals surface area contributed by atoms with E-state index in [1.807, 2.05) is 13.0 Å². The van der Waals surface area contributed by atoms with Crippen LogP contribution < -0.4 is 0 Å². The van der Waals surface area contributed by atoms with Crippen LogP contribution in [0.3, 0.4) is 0 Å². The average Bonchev–Trinajstić information content (AvgIpc) is 3.19. The van der Waals surface area contributed by atoms with Crippen LogP contribution >= 0.6 is 0 Å². The summed E-state index contributed by atoms with van der Waals surface area (Å²) in [6.07, 6.45) is -8.15. The molecule has 1 aliphatic rings. The van der Waals surface area contributed by atoms with E-state index in [1.54, 1.807) is 125 Å². The first kappa shape index (κ1) is 40.1. The molecule has 0 radical (unpaired) electrons. The molecule has 5 aromatic carbocycles. The van der Waals surface area contributed by atoms with Crippen LogP contribution in [0.15, 0.2) is 121 Å². The number of esters is 5. The standard InChI is InChI=1S/C46H42O11/c1-27-11-6-16-32(21-27)41(47)52-26-37-38(54-42(48)33-17-7-12-28(2)22-33)39(55-43(49)34-18-8-13-29(3)23-34)40(56-44(50)35-19-9-14-30(4)24-35)46(53-37)57-45(51)36-20-10-15-31(5)25-36/h6-25,37-40,46H,26H2,1-5H3/t37-,38-,39+,40-,46?/m1/s1. The van der Waals surface area contributed by atoms with E-state index in [9.17, 15) is 24.0 Å². The van der Waals surface area contributed by atoms with Crippen molar-refractivity contribution in [3.05, 3.63) is 177 Å². The minimum absolute atomic E-state index is 0.143. The minimum atomic E-state index is -1.77. The molecule has 292 valence electrons. The second-order valence-corrected chi connectivity index (χ2v) is 14.0. The van der Waals surface area contributed by atoms with Crippen molar-refractivity contribution in [2.75, 3.05) is 6.61 Å². The molecule has 1 unspecified atom stereocenters. The van der Waals surface area contributed by atoms with Crippen LogP contribution in [-0.4, -0.2) is 67.2 Å². The van der Waals surface area contributed by atoms with Gasteiger partial charge >= 0.3 is 29.8 Å². The monoisotopic (exact) mass is 770 g/mol. The van der Waals surface area contributed by atoms with Crippen LogP contribution in [0, 0.1) is 34.6 Å². The Morgan fingerprint density at radius 3 is 1.11 bits per heavy atom. The first-order valence-electron chi connectivity index (χ1n) is 18.3. The van der Waals surface area contributed by atoms with Gasteiger partial charge < -0.3 is 28.4 Å². The third-order valence-corrected chi connectivity index (χ3v) is 9.19. The zero-order valence-electron chi connectivity index (χ0n) is 32.1. The molecule has 0 N–H and O–H groups in total. The molecule has 1 heterocycles. The summed E-state index contributed by atoms with van der Waals surface area (Å²) in [7, 11) is 0. The lowest BCUT2D eigenvalue weighted by atomic mass is 9.97. The average molecular weight is 771 g/mol. The van der Waals surface area contributed by atoms with Gasteiger partial charge in [-0.15, -0.1) is 0 Å². The molecule has 57 heavy (non-hydrogen) atoms. The lowest BCUT2D eigenvalue weighted by Gasteiger charge is -2.44. The number of benzene rings is 5. The molecule has 1 saturated heterocycles. The van der Waals surface area contributed by atoms with E-state index in [4.69, 9.17) is 28.4 Å². The molecular formula is C46H42O11. The number of carbonyl (C=O) groups excluding carboxylic acids is 5. The summed E-state index contributed by atoms with van der Waals surface area (Å²) in [6, 6.07) is 33.1. The highest BCUT2D eigenvalue weighted by Gasteiger charge is 2.54. The molecule has 0 spiro atoms. The number of carbonyl (C=O) groups is 5. The zero-order chi connectivity index (χ0) is 40.6. The van der Waals surface area contributed by atoms with Gasteiger partial charge in [0.05, 0.1) is 27.8 Å². The van der Waals surface area contributed by atoms with Crippen molar-refractivity contribution in [2.24, 2.45) is 0 Å². The fourth-order valence-corrected chi connectivity index (χ4v) is 6.36. The SMILES string of the molecule is Cc1cccc(C(=O)OC[C@H]2OC(OC(=O)c3cccc(C)c3)[C@H](OC(=O)c3cccc(C)c3)[C@@H](OC(=O)c3cccc(C)c3)[C@@H]2OC(=O)c2cccc(C)c2)c1.